The lowest BCUT2D eigenvalue weighted by Crippen LogP contribution is -1.99. The number of nitrogens with two attached hydrogens (primary N) is 1. The average Bonchev–Trinajstić information content (AvgIpc) is 2.58. The van der Waals surface area contributed by atoms with E-state index in [1.807, 2.05) is 0 Å². The fraction of sp³-hybridized carbons (Fsp3) is 0.217. The van der Waals surface area contributed by atoms with E-state index in [1.54, 1.807) is 0 Å². The Morgan fingerprint density at radius 3 is 1.79 bits per heavy atom. The number of nitrogen functional groups attached to an aromatic ring is 1. The molecule has 1 heteroatoms. The van der Waals surface area contributed by atoms with Gasteiger partial charge in [-0.25, -0.2) is 0 Å². The molecule has 0 radical (unpaired) electrons. The number of aryl methyl sites for hydroxylation is 3. The van der Waals surface area contributed by atoms with Crippen LogP contribution in [-0.4, -0.2) is 0 Å². The number of benzene rings is 3. The third-order valence-corrected chi connectivity index (χ3v) is 4.56. The summed E-state index contributed by atoms with van der Waals surface area (Å²) in [5.74, 6) is 0. The lowest BCUT2D eigenvalue weighted by atomic mass is 9.89. The quantitative estimate of drug-likeness (QED) is 0.572. The van der Waals surface area contributed by atoms with E-state index in [0.717, 1.165) is 24.1 Å². The summed E-state index contributed by atoms with van der Waals surface area (Å²) < 4.78 is 0. The molecule has 2 N–H and O–H groups in total. The molecule has 0 aliphatic heterocycles. The first-order valence-electron chi connectivity index (χ1n) is 8.65. The Balaban J connectivity index is 2.23. The molecule has 0 aliphatic carbocycles. The molecule has 0 bridgehead atoms. The van der Waals surface area contributed by atoms with Crippen molar-refractivity contribution in [3.05, 3.63) is 77.4 Å². The van der Waals surface area contributed by atoms with Gasteiger partial charge in [0.05, 0.1) is 0 Å². The smallest absolute Gasteiger partial charge is 0.0432 e. The van der Waals surface area contributed by atoms with Crippen molar-refractivity contribution < 1.29 is 0 Å². The van der Waals surface area contributed by atoms with Crippen molar-refractivity contribution in [2.24, 2.45) is 0 Å². The molecule has 0 aliphatic rings. The van der Waals surface area contributed by atoms with Crippen molar-refractivity contribution in [3.63, 3.8) is 0 Å². The molecule has 3 rings (SSSR count). The van der Waals surface area contributed by atoms with Gasteiger partial charge in [0, 0.05) is 11.3 Å². The fourth-order valence-electron chi connectivity index (χ4n) is 3.15. The Kier molecular flexibility index (Phi) is 4.71. The first kappa shape index (κ1) is 16.3. The zero-order chi connectivity index (χ0) is 17.1. The van der Waals surface area contributed by atoms with E-state index in [-0.39, 0.29) is 0 Å². The zero-order valence-electron chi connectivity index (χ0n) is 14.8. The maximum absolute atomic E-state index is 6.61. The normalized spacial score (nSPS) is 10.8. The predicted octanol–water partition coefficient (Wildman–Crippen LogP) is 6.17. The Labute approximate surface area is 145 Å². The van der Waals surface area contributed by atoms with Crippen LogP contribution in [0.25, 0.3) is 22.3 Å². The maximum atomic E-state index is 6.61. The number of rotatable bonds is 4. The highest BCUT2D eigenvalue weighted by Gasteiger charge is 2.14. The van der Waals surface area contributed by atoms with E-state index in [0.29, 0.717) is 0 Å². The van der Waals surface area contributed by atoms with Gasteiger partial charge in [-0.15, -0.1) is 0 Å². The number of hydrogen-bond donors (Lipinski definition) is 1. The summed E-state index contributed by atoms with van der Waals surface area (Å²) in [4.78, 5) is 0. The molecular formula is C23H25N. The number of anilines is 1. The van der Waals surface area contributed by atoms with Crippen molar-refractivity contribution in [2.75, 3.05) is 5.73 Å². The van der Waals surface area contributed by atoms with Crippen LogP contribution < -0.4 is 5.73 Å². The molecule has 0 amide bonds. The van der Waals surface area contributed by atoms with Crippen LogP contribution in [0.2, 0.25) is 0 Å². The molecule has 0 atom stereocenters. The van der Waals surface area contributed by atoms with Gasteiger partial charge in [0.25, 0.3) is 0 Å². The predicted molar refractivity (Wildman–Crippen MR) is 105 cm³/mol. The van der Waals surface area contributed by atoms with Gasteiger partial charge in [0.1, 0.15) is 0 Å². The van der Waals surface area contributed by atoms with Crippen molar-refractivity contribution in [3.8, 4) is 22.3 Å². The highest BCUT2D eigenvalue weighted by Crippen LogP contribution is 2.39. The van der Waals surface area contributed by atoms with Crippen LogP contribution >= 0.6 is 0 Å². The zero-order valence-corrected chi connectivity index (χ0v) is 14.8. The second-order valence-corrected chi connectivity index (χ2v) is 6.54. The third kappa shape index (κ3) is 3.21. The first-order valence-corrected chi connectivity index (χ1v) is 8.65. The summed E-state index contributed by atoms with van der Waals surface area (Å²) in [6, 6.07) is 21.7. The summed E-state index contributed by atoms with van der Waals surface area (Å²) in [5.41, 5.74) is 16.1. The fourth-order valence-corrected chi connectivity index (χ4v) is 3.15. The van der Waals surface area contributed by atoms with E-state index in [2.05, 4.69) is 81.4 Å². The van der Waals surface area contributed by atoms with Gasteiger partial charge >= 0.3 is 0 Å². The summed E-state index contributed by atoms with van der Waals surface area (Å²) in [6.45, 7) is 6.42. The molecular weight excluding hydrogens is 290 g/mol. The monoisotopic (exact) mass is 315 g/mol. The van der Waals surface area contributed by atoms with Gasteiger partial charge < -0.3 is 5.73 Å². The average molecular weight is 315 g/mol. The van der Waals surface area contributed by atoms with Crippen molar-refractivity contribution in [1.82, 2.24) is 0 Å². The molecule has 0 fully saturated rings. The van der Waals surface area contributed by atoms with Gasteiger partial charge in [-0.3, -0.25) is 0 Å². The summed E-state index contributed by atoms with van der Waals surface area (Å²) in [7, 11) is 0. The minimum absolute atomic E-state index is 0.916. The molecule has 0 spiro atoms. The standard InChI is InChI=1S/C23H25N/c1-4-5-20-14-15-21(18-10-6-16(2)7-11-18)22(23(20)24)19-12-8-17(3)9-13-19/h6-15H,4-5,24H2,1-3H3. The van der Waals surface area contributed by atoms with Crippen molar-refractivity contribution in [1.29, 1.82) is 0 Å². The minimum atomic E-state index is 0.916. The Morgan fingerprint density at radius 1 is 0.708 bits per heavy atom. The van der Waals surface area contributed by atoms with Crippen LogP contribution in [0.5, 0.6) is 0 Å². The van der Waals surface area contributed by atoms with Gasteiger partial charge in [-0.05, 0) is 42.5 Å². The van der Waals surface area contributed by atoms with E-state index in [1.165, 1.54) is 33.4 Å². The van der Waals surface area contributed by atoms with E-state index in [9.17, 15) is 0 Å². The van der Waals surface area contributed by atoms with E-state index >= 15 is 0 Å². The molecule has 0 heterocycles. The topological polar surface area (TPSA) is 26.0 Å². The molecule has 3 aromatic carbocycles. The van der Waals surface area contributed by atoms with Crippen LogP contribution in [0.1, 0.15) is 30.0 Å². The molecule has 1 nitrogen and oxygen atoms in total. The summed E-state index contributed by atoms with van der Waals surface area (Å²) >= 11 is 0. The van der Waals surface area contributed by atoms with Crippen molar-refractivity contribution >= 4 is 5.69 Å². The lowest BCUT2D eigenvalue weighted by Gasteiger charge is -2.17. The molecule has 0 saturated carbocycles. The molecule has 0 aromatic heterocycles. The Morgan fingerprint density at radius 2 is 1.25 bits per heavy atom. The van der Waals surface area contributed by atoms with Crippen LogP contribution in [0.4, 0.5) is 5.69 Å². The van der Waals surface area contributed by atoms with E-state index in [4.69, 9.17) is 5.73 Å². The lowest BCUT2D eigenvalue weighted by molar-refractivity contribution is 0.925. The van der Waals surface area contributed by atoms with Crippen LogP contribution in [0.15, 0.2) is 60.7 Å². The summed E-state index contributed by atoms with van der Waals surface area (Å²) in [5, 5.41) is 0. The Bertz CT molecular complexity index is 827. The molecule has 3 aromatic rings. The van der Waals surface area contributed by atoms with Crippen LogP contribution in [-0.2, 0) is 6.42 Å². The number of hydrogen-bond acceptors (Lipinski definition) is 1. The highest BCUT2D eigenvalue weighted by atomic mass is 14.6. The SMILES string of the molecule is CCCc1ccc(-c2ccc(C)cc2)c(-c2ccc(C)cc2)c1N. The maximum Gasteiger partial charge on any atom is 0.0432 e. The molecule has 0 unspecified atom stereocenters. The molecule has 24 heavy (non-hydrogen) atoms. The molecule has 0 saturated heterocycles. The second-order valence-electron chi connectivity index (χ2n) is 6.54. The van der Waals surface area contributed by atoms with E-state index < -0.39 is 0 Å². The highest BCUT2D eigenvalue weighted by molar-refractivity contribution is 5.92. The van der Waals surface area contributed by atoms with Gasteiger partial charge in [-0.1, -0.05) is 85.1 Å². The Hall–Kier alpha value is -2.54. The summed E-state index contributed by atoms with van der Waals surface area (Å²) in [6.07, 6.45) is 2.11. The third-order valence-electron chi connectivity index (χ3n) is 4.56. The first-order chi connectivity index (χ1) is 11.6. The van der Waals surface area contributed by atoms with Crippen LogP contribution in [0, 0.1) is 13.8 Å². The van der Waals surface area contributed by atoms with Crippen LogP contribution in [0.3, 0.4) is 0 Å². The second kappa shape index (κ2) is 6.92. The van der Waals surface area contributed by atoms with Gasteiger partial charge in [0.15, 0.2) is 0 Å². The minimum Gasteiger partial charge on any atom is -0.398 e. The largest absolute Gasteiger partial charge is 0.398 e. The van der Waals surface area contributed by atoms with Gasteiger partial charge in [0.2, 0.25) is 0 Å². The van der Waals surface area contributed by atoms with Crippen molar-refractivity contribution in [2.45, 2.75) is 33.6 Å². The van der Waals surface area contributed by atoms with Gasteiger partial charge in [-0.2, -0.15) is 0 Å². The molecule has 122 valence electrons.